The first-order valence-corrected chi connectivity index (χ1v) is 10.3. The maximum atomic E-state index is 12.1. The van der Waals surface area contributed by atoms with Crippen molar-refractivity contribution in [1.82, 2.24) is 0 Å². The number of rotatable bonds is 6. The molecule has 1 aromatic carbocycles. The van der Waals surface area contributed by atoms with Crippen LogP contribution in [-0.4, -0.2) is 32.8 Å². The Kier molecular flexibility index (Phi) is 5.70. The summed E-state index contributed by atoms with van der Waals surface area (Å²) in [5.74, 6) is -0.519. The molecule has 4 nitrogen and oxygen atoms in total. The Balaban J connectivity index is 2.77. The second-order valence-corrected chi connectivity index (χ2v) is 12.0. The SMILES string of the molecule is CC(C)(C)[Si](C)(C)OC[C@](C)(C=O)OC(=O)c1ccccc1. The van der Waals surface area contributed by atoms with Crippen molar-refractivity contribution in [3.05, 3.63) is 35.9 Å². The highest BCUT2D eigenvalue weighted by Crippen LogP contribution is 2.37. The maximum Gasteiger partial charge on any atom is 0.339 e. The van der Waals surface area contributed by atoms with Gasteiger partial charge in [0.25, 0.3) is 0 Å². The lowest BCUT2D eigenvalue weighted by Gasteiger charge is -2.38. The van der Waals surface area contributed by atoms with Crippen molar-refractivity contribution in [3.8, 4) is 0 Å². The average Bonchev–Trinajstić information content (AvgIpc) is 2.45. The number of benzene rings is 1. The largest absolute Gasteiger partial charge is 0.446 e. The van der Waals surface area contributed by atoms with Crippen LogP contribution in [0.1, 0.15) is 38.1 Å². The van der Waals surface area contributed by atoms with Crippen LogP contribution in [0.5, 0.6) is 0 Å². The van der Waals surface area contributed by atoms with E-state index in [4.69, 9.17) is 9.16 Å². The third kappa shape index (κ3) is 4.78. The predicted molar refractivity (Wildman–Crippen MR) is 89.5 cm³/mol. The highest BCUT2D eigenvalue weighted by molar-refractivity contribution is 6.74. The summed E-state index contributed by atoms with van der Waals surface area (Å²) in [5.41, 5.74) is -0.856. The van der Waals surface area contributed by atoms with Gasteiger partial charge in [0.15, 0.2) is 20.2 Å². The molecule has 1 atom stereocenters. The minimum absolute atomic E-state index is 0.0280. The predicted octanol–water partition coefficient (Wildman–Crippen LogP) is 3.82. The van der Waals surface area contributed by atoms with Crippen molar-refractivity contribution >= 4 is 20.6 Å². The number of hydrogen-bond donors (Lipinski definition) is 0. The van der Waals surface area contributed by atoms with Crippen molar-refractivity contribution in [2.75, 3.05) is 6.61 Å². The molecule has 0 saturated heterocycles. The van der Waals surface area contributed by atoms with Crippen molar-refractivity contribution in [2.45, 2.75) is 51.4 Å². The molecule has 122 valence electrons. The Morgan fingerprint density at radius 3 is 2.14 bits per heavy atom. The molecule has 0 heterocycles. The Hall–Kier alpha value is -1.46. The summed E-state index contributed by atoms with van der Waals surface area (Å²) in [6.07, 6.45) is 0.640. The van der Waals surface area contributed by atoms with Gasteiger partial charge < -0.3 is 9.16 Å². The molecular weight excluding hydrogens is 296 g/mol. The van der Waals surface area contributed by atoms with E-state index in [1.54, 1.807) is 31.2 Å². The fourth-order valence-electron chi connectivity index (χ4n) is 1.47. The summed E-state index contributed by atoms with van der Waals surface area (Å²) >= 11 is 0. The first-order chi connectivity index (χ1) is 10.0. The van der Waals surface area contributed by atoms with Crippen LogP contribution in [0, 0.1) is 0 Å². The van der Waals surface area contributed by atoms with Crippen LogP contribution in [0.2, 0.25) is 18.1 Å². The summed E-state index contributed by atoms with van der Waals surface area (Å²) in [6, 6.07) is 8.63. The van der Waals surface area contributed by atoms with Gasteiger partial charge in [0.1, 0.15) is 0 Å². The number of hydrogen-bond acceptors (Lipinski definition) is 4. The van der Waals surface area contributed by atoms with Crippen LogP contribution >= 0.6 is 0 Å². The minimum Gasteiger partial charge on any atom is -0.446 e. The summed E-state index contributed by atoms with van der Waals surface area (Å²) < 4.78 is 11.4. The summed E-state index contributed by atoms with van der Waals surface area (Å²) in [7, 11) is -2.01. The van der Waals surface area contributed by atoms with Crippen molar-refractivity contribution in [2.24, 2.45) is 0 Å². The van der Waals surface area contributed by atoms with E-state index in [9.17, 15) is 9.59 Å². The zero-order valence-electron chi connectivity index (χ0n) is 14.3. The molecule has 0 aliphatic rings. The van der Waals surface area contributed by atoms with E-state index < -0.39 is 19.9 Å². The van der Waals surface area contributed by atoms with Gasteiger partial charge in [-0.3, -0.25) is 4.79 Å². The van der Waals surface area contributed by atoms with E-state index >= 15 is 0 Å². The van der Waals surface area contributed by atoms with Crippen LogP contribution in [0.4, 0.5) is 0 Å². The fourth-order valence-corrected chi connectivity index (χ4v) is 2.55. The van der Waals surface area contributed by atoms with Gasteiger partial charge in [0, 0.05) is 0 Å². The molecular formula is C17H26O4Si. The molecule has 0 aliphatic carbocycles. The molecule has 0 saturated carbocycles. The molecule has 1 aromatic rings. The van der Waals surface area contributed by atoms with Crippen LogP contribution < -0.4 is 0 Å². The van der Waals surface area contributed by atoms with Crippen molar-refractivity contribution in [1.29, 1.82) is 0 Å². The van der Waals surface area contributed by atoms with Crippen LogP contribution in [-0.2, 0) is 14.0 Å². The fraction of sp³-hybridized carbons (Fsp3) is 0.529. The minimum atomic E-state index is -2.01. The first kappa shape index (κ1) is 18.6. The van der Waals surface area contributed by atoms with E-state index in [0.29, 0.717) is 11.8 Å². The van der Waals surface area contributed by atoms with E-state index in [2.05, 4.69) is 33.9 Å². The monoisotopic (exact) mass is 322 g/mol. The van der Waals surface area contributed by atoms with Crippen LogP contribution in [0.15, 0.2) is 30.3 Å². The molecule has 0 aliphatic heterocycles. The molecule has 0 N–H and O–H groups in total. The lowest BCUT2D eigenvalue weighted by atomic mass is 10.1. The number of esters is 1. The summed E-state index contributed by atoms with van der Waals surface area (Å²) in [5, 5.41) is 0.0280. The molecule has 22 heavy (non-hydrogen) atoms. The molecule has 0 amide bonds. The number of carbonyl (C=O) groups is 2. The van der Waals surface area contributed by atoms with Gasteiger partial charge in [-0.25, -0.2) is 4.79 Å². The van der Waals surface area contributed by atoms with Crippen molar-refractivity contribution < 1.29 is 18.8 Å². The smallest absolute Gasteiger partial charge is 0.339 e. The van der Waals surface area contributed by atoms with E-state index in [1.165, 1.54) is 0 Å². The highest BCUT2D eigenvalue weighted by Gasteiger charge is 2.40. The second kappa shape index (κ2) is 6.75. The Morgan fingerprint density at radius 2 is 1.68 bits per heavy atom. The number of ether oxygens (including phenoxy) is 1. The molecule has 5 heteroatoms. The number of aldehydes is 1. The molecule has 0 radical (unpaired) electrons. The summed E-state index contributed by atoms with van der Waals surface area (Å²) in [4.78, 5) is 23.5. The van der Waals surface area contributed by atoms with Gasteiger partial charge in [0.05, 0.1) is 12.2 Å². The molecule has 1 rings (SSSR count). The lowest BCUT2D eigenvalue weighted by Crippen LogP contribution is -2.47. The van der Waals surface area contributed by atoms with Gasteiger partial charge in [0.2, 0.25) is 0 Å². The Bertz CT molecular complexity index is 519. The number of carbonyl (C=O) groups excluding carboxylic acids is 2. The normalized spacial score (nSPS) is 15.0. The molecule has 0 unspecified atom stereocenters. The topological polar surface area (TPSA) is 52.6 Å². The second-order valence-electron chi connectivity index (χ2n) is 7.24. The molecule has 0 bridgehead atoms. The van der Waals surface area contributed by atoms with Gasteiger partial charge in [-0.05, 0) is 37.2 Å². The standard InChI is InChI=1S/C17H26O4Si/c1-16(2,3)22(5,6)20-13-17(4,12-18)21-15(19)14-10-8-7-9-11-14/h7-12H,13H2,1-6H3/t17-/m0/s1. The quantitative estimate of drug-likeness (QED) is 0.454. The lowest BCUT2D eigenvalue weighted by molar-refractivity contribution is -0.126. The van der Waals surface area contributed by atoms with Crippen LogP contribution in [0.25, 0.3) is 0 Å². The zero-order chi connectivity index (χ0) is 17.0. The van der Waals surface area contributed by atoms with Gasteiger partial charge in [-0.1, -0.05) is 39.0 Å². The zero-order valence-corrected chi connectivity index (χ0v) is 15.3. The third-order valence-electron chi connectivity index (χ3n) is 4.11. The van der Waals surface area contributed by atoms with Crippen LogP contribution in [0.3, 0.4) is 0 Å². The Morgan fingerprint density at radius 1 is 1.14 bits per heavy atom. The van der Waals surface area contributed by atoms with E-state index in [0.717, 1.165) is 0 Å². The molecule has 0 spiro atoms. The maximum absolute atomic E-state index is 12.1. The van der Waals surface area contributed by atoms with Gasteiger partial charge in [-0.15, -0.1) is 0 Å². The van der Waals surface area contributed by atoms with E-state index in [-0.39, 0.29) is 11.6 Å². The third-order valence-corrected chi connectivity index (χ3v) is 8.59. The Labute approximate surface area is 134 Å². The average molecular weight is 322 g/mol. The molecule has 0 fully saturated rings. The summed E-state index contributed by atoms with van der Waals surface area (Å²) in [6.45, 7) is 12.2. The van der Waals surface area contributed by atoms with Crippen molar-refractivity contribution in [3.63, 3.8) is 0 Å². The van der Waals surface area contributed by atoms with E-state index in [1.807, 2.05) is 6.07 Å². The van der Waals surface area contributed by atoms with Gasteiger partial charge in [-0.2, -0.15) is 0 Å². The van der Waals surface area contributed by atoms with Gasteiger partial charge >= 0.3 is 5.97 Å². The molecule has 0 aromatic heterocycles. The first-order valence-electron chi connectivity index (χ1n) is 7.39. The highest BCUT2D eigenvalue weighted by atomic mass is 28.4.